The molecule has 1 atom stereocenters. The molecule has 1 rings (SSSR count). The predicted molar refractivity (Wildman–Crippen MR) is 52.2 cm³/mol. The van der Waals surface area contributed by atoms with Crippen molar-refractivity contribution in [2.75, 3.05) is 12.3 Å². The number of benzene rings is 1. The van der Waals surface area contributed by atoms with E-state index in [0.29, 0.717) is 18.1 Å². The molecule has 1 aromatic rings. The van der Waals surface area contributed by atoms with E-state index in [4.69, 9.17) is 5.73 Å². The summed E-state index contributed by atoms with van der Waals surface area (Å²) in [6.45, 7) is 0.499. The van der Waals surface area contributed by atoms with E-state index in [9.17, 15) is 4.21 Å². The fraction of sp³-hybridized carbons (Fsp3) is 0.333. The van der Waals surface area contributed by atoms with Crippen molar-refractivity contribution in [3.63, 3.8) is 0 Å². The molecule has 0 bridgehead atoms. The van der Waals surface area contributed by atoms with Gasteiger partial charge in [0.2, 0.25) is 0 Å². The Morgan fingerprint density at radius 1 is 1.25 bits per heavy atom. The number of hydrogen-bond acceptors (Lipinski definition) is 2. The molecule has 0 aliphatic carbocycles. The lowest BCUT2D eigenvalue weighted by molar-refractivity contribution is 0.682. The van der Waals surface area contributed by atoms with Crippen molar-refractivity contribution in [1.29, 1.82) is 0 Å². The Balaban J connectivity index is 2.47. The summed E-state index contributed by atoms with van der Waals surface area (Å²) in [7, 11) is -0.796. The number of hydrogen-bond donors (Lipinski definition) is 1. The fourth-order valence-electron chi connectivity index (χ4n) is 0.964. The maximum Gasteiger partial charge on any atom is 0.0486 e. The molecule has 0 fully saturated rings. The quantitative estimate of drug-likeness (QED) is 0.753. The lowest BCUT2D eigenvalue weighted by atomic mass is 10.2. The first-order chi connectivity index (χ1) is 5.83. The zero-order valence-corrected chi connectivity index (χ0v) is 7.72. The van der Waals surface area contributed by atoms with Gasteiger partial charge in [0.15, 0.2) is 0 Å². The molecule has 2 nitrogen and oxygen atoms in total. The van der Waals surface area contributed by atoms with Gasteiger partial charge in [-0.2, -0.15) is 0 Å². The van der Waals surface area contributed by atoms with Crippen LogP contribution in [0.25, 0.3) is 0 Å². The molecule has 0 saturated carbocycles. The average Bonchev–Trinajstić information content (AvgIpc) is 2.06. The molecule has 0 aliphatic rings. The maximum atomic E-state index is 11.2. The molecule has 0 amide bonds. The maximum absolute atomic E-state index is 11.2. The van der Waals surface area contributed by atoms with Crippen molar-refractivity contribution in [2.45, 2.75) is 5.75 Å². The Hall–Kier alpha value is -0.670. The van der Waals surface area contributed by atoms with E-state index in [0.717, 1.165) is 5.56 Å². The van der Waals surface area contributed by atoms with E-state index in [-0.39, 0.29) is 0 Å². The minimum Gasteiger partial charge on any atom is -0.330 e. The highest BCUT2D eigenvalue weighted by Gasteiger charge is 1.98. The van der Waals surface area contributed by atoms with Crippen LogP contribution in [0.1, 0.15) is 5.56 Å². The molecule has 66 valence electrons. The molecule has 12 heavy (non-hydrogen) atoms. The van der Waals surface area contributed by atoms with E-state index in [2.05, 4.69) is 0 Å². The Morgan fingerprint density at radius 3 is 2.50 bits per heavy atom. The minimum atomic E-state index is -0.796. The normalized spacial score (nSPS) is 12.8. The van der Waals surface area contributed by atoms with Crippen molar-refractivity contribution < 1.29 is 4.21 Å². The number of rotatable bonds is 4. The van der Waals surface area contributed by atoms with Crippen LogP contribution >= 0.6 is 0 Å². The molecule has 1 aromatic carbocycles. The van der Waals surface area contributed by atoms with E-state index in [1.807, 2.05) is 30.3 Å². The third-order valence-electron chi connectivity index (χ3n) is 1.52. The van der Waals surface area contributed by atoms with Crippen LogP contribution in [0.15, 0.2) is 30.3 Å². The summed E-state index contributed by atoms with van der Waals surface area (Å²) in [5.41, 5.74) is 6.41. The topological polar surface area (TPSA) is 43.1 Å². The van der Waals surface area contributed by atoms with Gasteiger partial charge in [-0.15, -0.1) is 0 Å². The van der Waals surface area contributed by atoms with Gasteiger partial charge in [0.1, 0.15) is 0 Å². The van der Waals surface area contributed by atoms with Crippen LogP contribution in [0.5, 0.6) is 0 Å². The molecular weight excluding hydrogens is 170 g/mol. The monoisotopic (exact) mass is 183 g/mol. The standard InChI is InChI=1S/C9H13NOS/c10-6-7-12(11)8-9-4-2-1-3-5-9/h1-5H,6-8,10H2. The van der Waals surface area contributed by atoms with Crippen LogP contribution in [0.2, 0.25) is 0 Å². The van der Waals surface area contributed by atoms with Gasteiger partial charge in [0.05, 0.1) is 0 Å². The van der Waals surface area contributed by atoms with E-state index in [1.165, 1.54) is 0 Å². The first-order valence-corrected chi connectivity index (χ1v) is 5.40. The van der Waals surface area contributed by atoms with Gasteiger partial charge in [0, 0.05) is 28.9 Å². The second-order valence-electron chi connectivity index (χ2n) is 2.56. The van der Waals surface area contributed by atoms with Crippen molar-refractivity contribution in [3.8, 4) is 0 Å². The van der Waals surface area contributed by atoms with Crippen LogP contribution in [0.3, 0.4) is 0 Å². The van der Waals surface area contributed by atoms with Crippen LogP contribution in [-0.2, 0) is 16.6 Å². The highest BCUT2D eigenvalue weighted by Crippen LogP contribution is 2.01. The van der Waals surface area contributed by atoms with Crippen LogP contribution in [0, 0.1) is 0 Å². The molecule has 1 unspecified atom stereocenters. The Morgan fingerprint density at radius 2 is 1.92 bits per heavy atom. The van der Waals surface area contributed by atoms with Crippen molar-refractivity contribution in [1.82, 2.24) is 0 Å². The van der Waals surface area contributed by atoms with E-state index < -0.39 is 10.8 Å². The van der Waals surface area contributed by atoms with Gasteiger partial charge < -0.3 is 5.73 Å². The molecule has 3 heteroatoms. The lowest BCUT2D eigenvalue weighted by Crippen LogP contribution is -2.11. The molecule has 0 radical (unpaired) electrons. The lowest BCUT2D eigenvalue weighted by Gasteiger charge is -1.99. The fourth-order valence-corrected chi connectivity index (χ4v) is 1.94. The third kappa shape index (κ3) is 3.15. The average molecular weight is 183 g/mol. The van der Waals surface area contributed by atoms with Crippen molar-refractivity contribution in [3.05, 3.63) is 35.9 Å². The van der Waals surface area contributed by atoms with Gasteiger partial charge in [-0.3, -0.25) is 4.21 Å². The van der Waals surface area contributed by atoms with Crippen LogP contribution in [-0.4, -0.2) is 16.5 Å². The summed E-state index contributed by atoms with van der Waals surface area (Å²) in [5, 5.41) is 0. The summed E-state index contributed by atoms with van der Waals surface area (Å²) >= 11 is 0. The first-order valence-electron chi connectivity index (χ1n) is 3.92. The zero-order valence-electron chi connectivity index (χ0n) is 6.90. The minimum absolute atomic E-state index is 0.499. The van der Waals surface area contributed by atoms with Gasteiger partial charge in [0.25, 0.3) is 0 Å². The SMILES string of the molecule is NCCS(=O)Cc1ccccc1. The Bertz CT molecular complexity index is 248. The van der Waals surface area contributed by atoms with Crippen molar-refractivity contribution >= 4 is 10.8 Å². The molecular formula is C9H13NOS. The number of nitrogens with two attached hydrogens (primary N) is 1. The first kappa shape index (κ1) is 9.42. The second kappa shape index (κ2) is 5.06. The summed E-state index contributed by atoms with van der Waals surface area (Å²) in [5.74, 6) is 1.22. The van der Waals surface area contributed by atoms with Crippen LogP contribution in [0.4, 0.5) is 0 Å². The zero-order chi connectivity index (χ0) is 8.81. The molecule has 2 N–H and O–H groups in total. The largest absolute Gasteiger partial charge is 0.330 e. The highest BCUT2D eigenvalue weighted by atomic mass is 32.2. The van der Waals surface area contributed by atoms with E-state index >= 15 is 0 Å². The summed E-state index contributed by atoms with van der Waals surface area (Å²) in [6, 6.07) is 9.82. The van der Waals surface area contributed by atoms with Crippen LogP contribution < -0.4 is 5.73 Å². The van der Waals surface area contributed by atoms with Gasteiger partial charge in [-0.25, -0.2) is 0 Å². The van der Waals surface area contributed by atoms with Crippen molar-refractivity contribution in [2.24, 2.45) is 5.73 Å². The molecule has 0 heterocycles. The van der Waals surface area contributed by atoms with Gasteiger partial charge in [-0.05, 0) is 5.56 Å². The van der Waals surface area contributed by atoms with Gasteiger partial charge >= 0.3 is 0 Å². The Kier molecular flexibility index (Phi) is 3.97. The smallest absolute Gasteiger partial charge is 0.0486 e. The summed E-state index contributed by atoms with van der Waals surface area (Å²) in [4.78, 5) is 0. The summed E-state index contributed by atoms with van der Waals surface area (Å²) < 4.78 is 11.2. The second-order valence-corrected chi connectivity index (χ2v) is 4.14. The molecule has 0 saturated heterocycles. The van der Waals surface area contributed by atoms with E-state index in [1.54, 1.807) is 0 Å². The molecule has 0 aromatic heterocycles. The third-order valence-corrected chi connectivity index (χ3v) is 2.86. The highest BCUT2D eigenvalue weighted by molar-refractivity contribution is 7.84. The predicted octanol–water partition coefficient (Wildman–Crippen LogP) is 0.894. The summed E-state index contributed by atoms with van der Waals surface area (Å²) in [6.07, 6.45) is 0. The van der Waals surface area contributed by atoms with Gasteiger partial charge in [-0.1, -0.05) is 30.3 Å². The molecule has 0 spiro atoms. The molecule has 0 aliphatic heterocycles. The Labute approximate surface area is 75.2 Å².